The molecule has 2 rings (SSSR count). The molecule has 1 aromatic carbocycles. The van der Waals surface area contributed by atoms with Crippen molar-refractivity contribution in [3.05, 3.63) is 62.7 Å². The SMILES string of the molecule is CCOCCCn1c(O)c(C(=O)c2ccc(F)cc2)c(C)c(C#N)c1=O. The lowest BCUT2D eigenvalue weighted by Gasteiger charge is -2.15. The molecule has 0 unspecified atom stereocenters. The van der Waals surface area contributed by atoms with Crippen LogP contribution in [-0.4, -0.2) is 28.7 Å². The van der Waals surface area contributed by atoms with Crippen molar-refractivity contribution < 1.29 is 19.0 Å². The number of aromatic hydroxyl groups is 1. The third kappa shape index (κ3) is 3.81. The van der Waals surface area contributed by atoms with E-state index in [1.54, 1.807) is 6.07 Å². The average Bonchev–Trinajstić information content (AvgIpc) is 2.62. The second-order valence-corrected chi connectivity index (χ2v) is 5.65. The van der Waals surface area contributed by atoms with Crippen molar-refractivity contribution in [2.24, 2.45) is 0 Å². The summed E-state index contributed by atoms with van der Waals surface area (Å²) >= 11 is 0. The zero-order chi connectivity index (χ0) is 19.3. The zero-order valence-corrected chi connectivity index (χ0v) is 14.6. The monoisotopic (exact) mass is 358 g/mol. The maximum absolute atomic E-state index is 13.1. The molecule has 2 aromatic rings. The highest BCUT2D eigenvalue weighted by Gasteiger charge is 2.24. The number of pyridine rings is 1. The molecular weight excluding hydrogens is 339 g/mol. The van der Waals surface area contributed by atoms with Crippen LogP contribution in [-0.2, 0) is 11.3 Å². The minimum absolute atomic E-state index is 0.101. The van der Waals surface area contributed by atoms with Crippen LogP contribution in [0.1, 0.15) is 40.4 Å². The number of benzene rings is 1. The summed E-state index contributed by atoms with van der Waals surface area (Å²) in [6.45, 7) is 4.26. The minimum atomic E-state index is -0.658. The molecule has 1 heterocycles. The van der Waals surface area contributed by atoms with Gasteiger partial charge in [-0.15, -0.1) is 0 Å². The largest absolute Gasteiger partial charge is 0.494 e. The zero-order valence-electron chi connectivity index (χ0n) is 14.6. The smallest absolute Gasteiger partial charge is 0.271 e. The Hall–Kier alpha value is -2.98. The fourth-order valence-electron chi connectivity index (χ4n) is 2.64. The third-order valence-corrected chi connectivity index (χ3v) is 4.01. The van der Waals surface area contributed by atoms with E-state index < -0.39 is 23.0 Å². The highest BCUT2D eigenvalue weighted by atomic mass is 19.1. The van der Waals surface area contributed by atoms with Crippen LogP contribution in [0.3, 0.4) is 0 Å². The normalized spacial score (nSPS) is 10.5. The van der Waals surface area contributed by atoms with E-state index >= 15 is 0 Å². The number of ether oxygens (including phenoxy) is 1. The van der Waals surface area contributed by atoms with Crippen molar-refractivity contribution >= 4 is 5.78 Å². The Balaban J connectivity index is 2.54. The second kappa shape index (κ2) is 8.41. The Labute approximate surface area is 150 Å². The fourth-order valence-corrected chi connectivity index (χ4v) is 2.64. The van der Waals surface area contributed by atoms with Crippen LogP contribution in [0.4, 0.5) is 4.39 Å². The third-order valence-electron chi connectivity index (χ3n) is 4.01. The van der Waals surface area contributed by atoms with Gasteiger partial charge in [0.25, 0.3) is 5.56 Å². The van der Waals surface area contributed by atoms with Crippen molar-refractivity contribution in [2.75, 3.05) is 13.2 Å². The van der Waals surface area contributed by atoms with Crippen LogP contribution in [0.5, 0.6) is 5.88 Å². The molecule has 7 heteroatoms. The molecule has 0 radical (unpaired) electrons. The van der Waals surface area contributed by atoms with Crippen LogP contribution in [0, 0.1) is 24.1 Å². The summed E-state index contributed by atoms with van der Waals surface area (Å²) in [4.78, 5) is 25.2. The second-order valence-electron chi connectivity index (χ2n) is 5.65. The number of halogens is 1. The number of nitriles is 1. The predicted molar refractivity (Wildman–Crippen MR) is 92.8 cm³/mol. The van der Waals surface area contributed by atoms with E-state index in [0.717, 1.165) is 16.7 Å². The molecule has 0 aliphatic carbocycles. The van der Waals surface area contributed by atoms with Gasteiger partial charge < -0.3 is 9.84 Å². The first-order valence-corrected chi connectivity index (χ1v) is 8.16. The molecule has 26 heavy (non-hydrogen) atoms. The first-order chi connectivity index (χ1) is 12.4. The summed E-state index contributed by atoms with van der Waals surface area (Å²) in [5.74, 6) is -1.59. The lowest BCUT2D eigenvalue weighted by atomic mass is 9.97. The number of carbonyl (C=O) groups is 1. The number of nitrogens with zero attached hydrogens (tertiary/aromatic N) is 2. The average molecular weight is 358 g/mol. The highest BCUT2D eigenvalue weighted by molar-refractivity contribution is 6.11. The topological polar surface area (TPSA) is 92.3 Å². The highest BCUT2D eigenvalue weighted by Crippen LogP contribution is 2.25. The lowest BCUT2D eigenvalue weighted by Crippen LogP contribution is -2.27. The lowest BCUT2D eigenvalue weighted by molar-refractivity contribution is 0.103. The van der Waals surface area contributed by atoms with E-state index in [2.05, 4.69) is 0 Å². The Morgan fingerprint density at radius 2 is 2.00 bits per heavy atom. The molecule has 0 saturated carbocycles. The van der Waals surface area contributed by atoms with Gasteiger partial charge in [0.1, 0.15) is 17.4 Å². The van der Waals surface area contributed by atoms with E-state index in [4.69, 9.17) is 4.74 Å². The van der Waals surface area contributed by atoms with Crippen molar-refractivity contribution in [1.82, 2.24) is 4.57 Å². The fraction of sp³-hybridized carbons (Fsp3) is 0.316. The van der Waals surface area contributed by atoms with Crippen molar-refractivity contribution in [3.8, 4) is 11.9 Å². The number of hydrogen-bond acceptors (Lipinski definition) is 5. The van der Waals surface area contributed by atoms with E-state index in [9.17, 15) is 24.3 Å². The molecule has 0 fully saturated rings. The van der Waals surface area contributed by atoms with Crippen molar-refractivity contribution in [2.45, 2.75) is 26.8 Å². The van der Waals surface area contributed by atoms with Gasteiger partial charge in [0.2, 0.25) is 5.88 Å². The Kier molecular flexibility index (Phi) is 6.26. The van der Waals surface area contributed by atoms with Crippen LogP contribution < -0.4 is 5.56 Å². The van der Waals surface area contributed by atoms with Gasteiger partial charge in [0.15, 0.2) is 5.78 Å². The molecular formula is C19H19FN2O4. The summed E-state index contributed by atoms with van der Waals surface area (Å²) in [6.07, 6.45) is 0.430. The maximum atomic E-state index is 13.1. The van der Waals surface area contributed by atoms with Gasteiger partial charge >= 0.3 is 0 Å². The van der Waals surface area contributed by atoms with Gasteiger partial charge in [-0.2, -0.15) is 5.26 Å². The molecule has 0 amide bonds. The van der Waals surface area contributed by atoms with Gasteiger partial charge in [0.05, 0.1) is 5.56 Å². The minimum Gasteiger partial charge on any atom is -0.494 e. The van der Waals surface area contributed by atoms with E-state index in [0.29, 0.717) is 19.6 Å². The van der Waals surface area contributed by atoms with E-state index in [1.807, 2.05) is 6.92 Å². The molecule has 0 saturated heterocycles. The molecule has 0 atom stereocenters. The van der Waals surface area contributed by atoms with Crippen molar-refractivity contribution in [1.29, 1.82) is 5.26 Å². The Morgan fingerprint density at radius 3 is 2.58 bits per heavy atom. The summed E-state index contributed by atoms with van der Waals surface area (Å²) < 4.78 is 19.3. The van der Waals surface area contributed by atoms with Crippen LogP contribution in [0.15, 0.2) is 29.1 Å². The number of rotatable bonds is 7. The maximum Gasteiger partial charge on any atom is 0.271 e. The van der Waals surface area contributed by atoms with Gasteiger partial charge in [-0.3, -0.25) is 14.2 Å². The van der Waals surface area contributed by atoms with Crippen molar-refractivity contribution in [3.63, 3.8) is 0 Å². The van der Waals surface area contributed by atoms with Crippen LogP contribution in [0.2, 0.25) is 0 Å². The number of ketones is 1. The first-order valence-electron chi connectivity index (χ1n) is 8.16. The number of carbonyl (C=O) groups excluding carboxylic acids is 1. The Bertz CT molecular complexity index is 911. The number of aromatic nitrogens is 1. The summed E-state index contributed by atoms with van der Waals surface area (Å²) in [7, 11) is 0. The van der Waals surface area contributed by atoms with Gasteiger partial charge in [-0.25, -0.2) is 4.39 Å². The molecule has 0 bridgehead atoms. The molecule has 0 aliphatic heterocycles. The first kappa shape index (κ1) is 19.3. The molecule has 1 N–H and O–H groups in total. The molecule has 0 aliphatic rings. The molecule has 6 nitrogen and oxygen atoms in total. The molecule has 136 valence electrons. The number of hydrogen-bond donors (Lipinski definition) is 1. The molecule has 1 aromatic heterocycles. The van der Waals surface area contributed by atoms with Gasteiger partial charge in [-0.1, -0.05) is 0 Å². The molecule has 0 spiro atoms. The summed E-state index contributed by atoms with van der Waals surface area (Å²) in [6, 6.07) is 6.63. The Morgan fingerprint density at radius 1 is 1.35 bits per heavy atom. The standard InChI is InChI=1S/C19H19FN2O4/c1-3-26-10-4-9-22-18(24)15(11-21)12(2)16(19(22)25)17(23)13-5-7-14(20)8-6-13/h5-8,25H,3-4,9-10H2,1-2H3. The van der Waals surface area contributed by atoms with Crippen LogP contribution >= 0.6 is 0 Å². The summed E-state index contributed by atoms with van der Waals surface area (Å²) in [5, 5.41) is 19.8. The van der Waals surface area contributed by atoms with E-state index in [1.165, 1.54) is 19.1 Å². The van der Waals surface area contributed by atoms with Gasteiger partial charge in [-0.05, 0) is 50.1 Å². The quantitative estimate of drug-likeness (QED) is 0.606. The van der Waals surface area contributed by atoms with Gasteiger partial charge in [0, 0.05) is 25.3 Å². The van der Waals surface area contributed by atoms with E-state index in [-0.39, 0.29) is 28.8 Å². The van der Waals surface area contributed by atoms with Crippen LogP contribution in [0.25, 0.3) is 0 Å². The summed E-state index contributed by atoms with van der Waals surface area (Å²) in [5.41, 5.74) is -0.748. The predicted octanol–water partition coefficient (Wildman–Crippen LogP) is 2.53.